The summed E-state index contributed by atoms with van der Waals surface area (Å²) < 4.78 is 1.73. The lowest BCUT2D eigenvalue weighted by Crippen LogP contribution is -2.33. The minimum atomic E-state index is -0.179. The van der Waals surface area contributed by atoms with E-state index < -0.39 is 0 Å². The maximum Gasteiger partial charge on any atom is 0.348 e. The van der Waals surface area contributed by atoms with Crippen LogP contribution in [0, 0.1) is 13.8 Å². The lowest BCUT2D eigenvalue weighted by Gasteiger charge is -2.20. The van der Waals surface area contributed by atoms with Crippen molar-refractivity contribution < 1.29 is 0 Å². The zero-order valence-corrected chi connectivity index (χ0v) is 12.3. The van der Waals surface area contributed by atoms with Crippen LogP contribution in [0.3, 0.4) is 0 Å². The maximum atomic E-state index is 12.1. The summed E-state index contributed by atoms with van der Waals surface area (Å²) in [5.41, 5.74) is 2.72. The molecule has 0 saturated carbocycles. The average Bonchev–Trinajstić information content (AvgIpc) is 2.42. The van der Waals surface area contributed by atoms with Gasteiger partial charge in [-0.15, -0.1) is 0 Å². The van der Waals surface area contributed by atoms with Gasteiger partial charge in [-0.05, 0) is 32.0 Å². The molecule has 1 unspecified atom stereocenters. The highest BCUT2D eigenvalue weighted by molar-refractivity contribution is 5.19. The van der Waals surface area contributed by atoms with Gasteiger partial charge in [0.1, 0.15) is 0 Å². The topological polar surface area (TPSA) is 46.9 Å². The Morgan fingerprint density at radius 3 is 2.55 bits per heavy atom. The fraction of sp³-hybridized carbons (Fsp3) is 0.375. The molecule has 4 heteroatoms. The summed E-state index contributed by atoms with van der Waals surface area (Å²) in [5.74, 6) is 0. The van der Waals surface area contributed by atoms with Gasteiger partial charge in [0.2, 0.25) is 0 Å². The summed E-state index contributed by atoms with van der Waals surface area (Å²) in [6.07, 6.45) is 0. The van der Waals surface area contributed by atoms with Crippen molar-refractivity contribution in [3.8, 4) is 0 Å². The Hall–Kier alpha value is -1.94. The molecule has 4 nitrogen and oxygen atoms in total. The Balaban J connectivity index is 2.32. The second kappa shape index (κ2) is 6.48. The van der Waals surface area contributed by atoms with Gasteiger partial charge >= 0.3 is 5.69 Å². The molecule has 1 N–H and O–H groups in total. The van der Waals surface area contributed by atoms with E-state index in [1.54, 1.807) is 4.57 Å². The number of aromatic nitrogens is 2. The molecule has 0 saturated heterocycles. The van der Waals surface area contributed by atoms with Crippen LogP contribution in [-0.4, -0.2) is 16.1 Å². The minimum absolute atomic E-state index is 0.113. The van der Waals surface area contributed by atoms with E-state index in [0.29, 0.717) is 6.54 Å². The van der Waals surface area contributed by atoms with E-state index in [9.17, 15) is 4.79 Å². The Labute approximate surface area is 119 Å². The first-order valence-electron chi connectivity index (χ1n) is 6.95. The normalized spacial score (nSPS) is 12.3. The van der Waals surface area contributed by atoms with Crippen LogP contribution in [0.1, 0.15) is 29.9 Å². The standard InChI is InChI=1S/C16H21N3O/c1-4-17-15(14-8-6-5-7-9-14)11-19-13(3)10-12(2)18-16(19)20/h5-10,15,17H,4,11H2,1-3H3. The van der Waals surface area contributed by atoms with Crippen molar-refractivity contribution in [2.24, 2.45) is 0 Å². The molecule has 0 spiro atoms. The first-order valence-corrected chi connectivity index (χ1v) is 6.95. The minimum Gasteiger partial charge on any atom is -0.309 e. The summed E-state index contributed by atoms with van der Waals surface area (Å²) in [7, 11) is 0. The third-order valence-corrected chi connectivity index (χ3v) is 3.36. The summed E-state index contributed by atoms with van der Waals surface area (Å²) in [5, 5.41) is 3.43. The highest BCUT2D eigenvalue weighted by atomic mass is 16.1. The molecule has 0 aliphatic heterocycles. The van der Waals surface area contributed by atoms with Crippen molar-refractivity contribution in [2.45, 2.75) is 33.4 Å². The van der Waals surface area contributed by atoms with Gasteiger partial charge in [-0.2, -0.15) is 4.98 Å². The molecule has 0 aliphatic carbocycles. The highest BCUT2D eigenvalue weighted by Gasteiger charge is 2.13. The molecular weight excluding hydrogens is 250 g/mol. The van der Waals surface area contributed by atoms with Crippen molar-refractivity contribution in [2.75, 3.05) is 6.54 Å². The van der Waals surface area contributed by atoms with E-state index >= 15 is 0 Å². The van der Waals surface area contributed by atoms with E-state index in [2.05, 4.69) is 29.4 Å². The predicted molar refractivity (Wildman–Crippen MR) is 80.8 cm³/mol. The van der Waals surface area contributed by atoms with Gasteiger partial charge in [-0.3, -0.25) is 4.57 Å². The lowest BCUT2D eigenvalue weighted by molar-refractivity contribution is 0.455. The Bertz CT molecular complexity index is 619. The molecule has 0 radical (unpaired) electrons. The average molecular weight is 271 g/mol. The monoisotopic (exact) mass is 271 g/mol. The van der Waals surface area contributed by atoms with Crippen LogP contribution < -0.4 is 11.0 Å². The zero-order valence-electron chi connectivity index (χ0n) is 12.3. The van der Waals surface area contributed by atoms with Crippen LogP contribution in [0.25, 0.3) is 0 Å². The van der Waals surface area contributed by atoms with Gasteiger partial charge in [0.05, 0.1) is 6.04 Å². The summed E-state index contributed by atoms with van der Waals surface area (Å²) in [4.78, 5) is 16.1. The van der Waals surface area contributed by atoms with Crippen LogP contribution >= 0.6 is 0 Å². The number of aryl methyl sites for hydroxylation is 2. The van der Waals surface area contributed by atoms with E-state index in [4.69, 9.17) is 0 Å². The van der Waals surface area contributed by atoms with E-state index in [-0.39, 0.29) is 11.7 Å². The molecule has 0 aliphatic rings. The van der Waals surface area contributed by atoms with Gasteiger partial charge < -0.3 is 5.32 Å². The third kappa shape index (κ3) is 3.33. The zero-order chi connectivity index (χ0) is 14.5. The van der Waals surface area contributed by atoms with Crippen molar-refractivity contribution in [1.29, 1.82) is 0 Å². The predicted octanol–water partition coefficient (Wildman–Crippen LogP) is 2.21. The van der Waals surface area contributed by atoms with Crippen molar-refractivity contribution in [3.63, 3.8) is 0 Å². The molecule has 106 valence electrons. The number of rotatable bonds is 5. The quantitative estimate of drug-likeness (QED) is 0.907. The number of nitrogens with zero attached hydrogens (tertiary/aromatic N) is 2. The first-order chi connectivity index (χ1) is 9.61. The van der Waals surface area contributed by atoms with E-state index in [1.807, 2.05) is 38.1 Å². The fourth-order valence-corrected chi connectivity index (χ4v) is 2.40. The molecule has 0 bridgehead atoms. The van der Waals surface area contributed by atoms with Gasteiger partial charge in [-0.1, -0.05) is 37.3 Å². The lowest BCUT2D eigenvalue weighted by atomic mass is 10.1. The second-order valence-corrected chi connectivity index (χ2v) is 4.95. The molecule has 1 aromatic carbocycles. The van der Waals surface area contributed by atoms with Crippen LogP contribution in [0.5, 0.6) is 0 Å². The molecule has 1 heterocycles. The smallest absolute Gasteiger partial charge is 0.309 e. The highest BCUT2D eigenvalue weighted by Crippen LogP contribution is 2.15. The Morgan fingerprint density at radius 1 is 1.25 bits per heavy atom. The SMILES string of the molecule is CCNC(Cn1c(C)cc(C)nc1=O)c1ccccc1. The van der Waals surface area contributed by atoms with Crippen LogP contribution in [-0.2, 0) is 6.54 Å². The number of benzene rings is 1. The Kier molecular flexibility index (Phi) is 4.69. The Morgan fingerprint density at radius 2 is 1.95 bits per heavy atom. The molecular formula is C16H21N3O. The van der Waals surface area contributed by atoms with Crippen LogP contribution in [0.2, 0.25) is 0 Å². The summed E-state index contributed by atoms with van der Waals surface area (Å²) >= 11 is 0. The second-order valence-electron chi connectivity index (χ2n) is 4.95. The van der Waals surface area contributed by atoms with E-state index in [0.717, 1.165) is 17.9 Å². The van der Waals surface area contributed by atoms with Gasteiger partial charge in [0, 0.05) is 17.9 Å². The number of nitrogens with one attached hydrogen (secondary N) is 1. The van der Waals surface area contributed by atoms with Crippen molar-refractivity contribution >= 4 is 0 Å². The van der Waals surface area contributed by atoms with Crippen molar-refractivity contribution in [3.05, 3.63) is 63.8 Å². The fourth-order valence-electron chi connectivity index (χ4n) is 2.40. The molecule has 20 heavy (non-hydrogen) atoms. The maximum absolute atomic E-state index is 12.1. The first kappa shape index (κ1) is 14.5. The molecule has 1 atom stereocenters. The van der Waals surface area contributed by atoms with Crippen LogP contribution in [0.4, 0.5) is 0 Å². The van der Waals surface area contributed by atoms with Gasteiger partial charge in [0.25, 0.3) is 0 Å². The molecule has 0 fully saturated rings. The summed E-state index contributed by atoms with van der Waals surface area (Å²) in [6, 6.07) is 12.2. The number of hydrogen-bond acceptors (Lipinski definition) is 3. The largest absolute Gasteiger partial charge is 0.348 e. The molecule has 2 aromatic rings. The number of likely N-dealkylation sites (N-methyl/N-ethyl adjacent to an activating group) is 1. The van der Waals surface area contributed by atoms with Crippen LogP contribution in [0.15, 0.2) is 41.2 Å². The number of hydrogen-bond donors (Lipinski definition) is 1. The molecule has 0 amide bonds. The third-order valence-electron chi connectivity index (χ3n) is 3.36. The van der Waals surface area contributed by atoms with E-state index in [1.165, 1.54) is 5.56 Å². The summed E-state index contributed by atoms with van der Waals surface area (Å²) in [6.45, 7) is 7.31. The van der Waals surface area contributed by atoms with Gasteiger partial charge in [-0.25, -0.2) is 4.79 Å². The molecule has 2 rings (SSSR count). The van der Waals surface area contributed by atoms with Gasteiger partial charge in [0.15, 0.2) is 0 Å². The molecule has 1 aromatic heterocycles. The van der Waals surface area contributed by atoms with Crippen molar-refractivity contribution in [1.82, 2.24) is 14.9 Å².